The molecule has 0 aromatic carbocycles. The molecule has 2 aliphatic heterocycles. The van der Waals surface area contributed by atoms with Crippen molar-refractivity contribution in [1.29, 1.82) is 0 Å². The van der Waals surface area contributed by atoms with Gasteiger partial charge in [-0.1, -0.05) is 12.8 Å². The van der Waals surface area contributed by atoms with E-state index in [4.69, 9.17) is 9.47 Å². The van der Waals surface area contributed by atoms with Crippen molar-refractivity contribution in [1.82, 2.24) is 14.9 Å². The van der Waals surface area contributed by atoms with E-state index in [2.05, 4.69) is 9.97 Å². The Morgan fingerprint density at radius 2 is 2.19 bits per heavy atom. The van der Waals surface area contributed by atoms with Crippen molar-refractivity contribution in [2.45, 2.75) is 51.0 Å². The minimum atomic E-state index is -0.0716. The molecule has 3 heterocycles. The Kier molecular flexibility index (Phi) is 5.50. The van der Waals surface area contributed by atoms with Crippen LogP contribution in [0.3, 0.4) is 0 Å². The second-order valence-electron chi connectivity index (χ2n) is 8.10. The molecule has 0 radical (unpaired) electrons. The molecule has 1 aromatic rings. The quantitative estimate of drug-likeness (QED) is 0.809. The summed E-state index contributed by atoms with van der Waals surface area (Å²) in [6, 6.07) is 1.69. The molecule has 0 spiro atoms. The van der Waals surface area contributed by atoms with Gasteiger partial charge in [-0.25, -0.2) is 9.97 Å². The number of amides is 1. The van der Waals surface area contributed by atoms with Gasteiger partial charge in [-0.15, -0.1) is 0 Å². The summed E-state index contributed by atoms with van der Waals surface area (Å²) in [6.45, 7) is 3.80. The molecule has 1 saturated carbocycles. The van der Waals surface area contributed by atoms with Crippen molar-refractivity contribution in [2.75, 3.05) is 32.9 Å². The smallest absolute Gasteiger partial charge is 0.272 e. The second-order valence-corrected chi connectivity index (χ2v) is 8.10. The van der Waals surface area contributed by atoms with Gasteiger partial charge in [0.1, 0.15) is 12.0 Å². The molecule has 6 nitrogen and oxygen atoms in total. The molecule has 142 valence electrons. The lowest BCUT2D eigenvalue weighted by Crippen LogP contribution is -2.58. The third-order valence-corrected chi connectivity index (χ3v) is 6.29. The molecule has 1 aromatic heterocycles. The summed E-state index contributed by atoms with van der Waals surface area (Å²) >= 11 is 0. The SMILES string of the molecule is O=C(c1ccncn1)N1CC[C@H]2OCCC[C@@]2(COCC2CCCC2)C1. The first-order chi connectivity index (χ1) is 12.8. The van der Waals surface area contributed by atoms with Crippen LogP contribution < -0.4 is 0 Å². The maximum atomic E-state index is 12.9. The summed E-state index contributed by atoms with van der Waals surface area (Å²) in [5.41, 5.74) is 0.398. The number of hydrogen-bond donors (Lipinski definition) is 0. The Hall–Kier alpha value is -1.53. The Balaban J connectivity index is 1.43. The van der Waals surface area contributed by atoms with Crippen molar-refractivity contribution in [2.24, 2.45) is 11.3 Å². The average Bonchev–Trinajstić information content (AvgIpc) is 3.21. The number of likely N-dealkylation sites (tertiary alicyclic amines) is 1. The highest BCUT2D eigenvalue weighted by molar-refractivity contribution is 5.92. The van der Waals surface area contributed by atoms with Gasteiger partial charge >= 0.3 is 0 Å². The van der Waals surface area contributed by atoms with E-state index in [1.807, 2.05) is 4.90 Å². The highest BCUT2D eigenvalue weighted by Crippen LogP contribution is 2.41. The summed E-state index contributed by atoms with van der Waals surface area (Å²) in [5, 5.41) is 0. The van der Waals surface area contributed by atoms with Gasteiger partial charge in [-0.05, 0) is 44.1 Å². The van der Waals surface area contributed by atoms with Crippen LogP contribution in [0.4, 0.5) is 0 Å². The van der Waals surface area contributed by atoms with E-state index in [9.17, 15) is 4.79 Å². The Labute approximate surface area is 155 Å². The fraction of sp³-hybridized carbons (Fsp3) is 0.750. The molecule has 1 amide bonds. The van der Waals surface area contributed by atoms with Crippen LogP contribution in [0.5, 0.6) is 0 Å². The average molecular weight is 359 g/mol. The van der Waals surface area contributed by atoms with Crippen LogP contribution in [-0.2, 0) is 9.47 Å². The summed E-state index contributed by atoms with van der Waals surface area (Å²) in [4.78, 5) is 22.8. The summed E-state index contributed by atoms with van der Waals surface area (Å²) in [6.07, 6.45) is 11.5. The van der Waals surface area contributed by atoms with Crippen LogP contribution >= 0.6 is 0 Å². The Bertz CT molecular complexity index is 606. The number of hydrogen-bond acceptors (Lipinski definition) is 5. The number of ether oxygens (including phenoxy) is 2. The third kappa shape index (κ3) is 3.76. The molecule has 0 N–H and O–H groups in total. The number of rotatable bonds is 5. The van der Waals surface area contributed by atoms with Gasteiger partial charge in [-0.2, -0.15) is 0 Å². The minimum absolute atomic E-state index is 0.00779. The van der Waals surface area contributed by atoms with Crippen molar-refractivity contribution in [3.63, 3.8) is 0 Å². The molecule has 2 saturated heterocycles. The van der Waals surface area contributed by atoms with Crippen molar-refractivity contribution in [3.8, 4) is 0 Å². The van der Waals surface area contributed by atoms with Gasteiger partial charge in [0, 0.05) is 37.9 Å². The van der Waals surface area contributed by atoms with Crippen molar-refractivity contribution in [3.05, 3.63) is 24.3 Å². The van der Waals surface area contributed by atoms with Gasteiger partial charge in [0.05, 0.1) is 12.7 Å². The molecule has 3 aliphatic rings. The molecule has 2 atom stereocenters. The molecule has 26 heavy (non-hydrogen) atoms. The number of nitrogens with zero attached hydrogens (tertiary/aromatic N) is 3. The van der Waals surface area contributed by atoms with E-state index in [1.165, 1.54) is 32.0 Å². The molecule has 3 fully saturated rings. The molecule has 0 unspecified atom stereocenters. The zero-order valence-electron chi connectivity index (χ0n) is 15.4. The fourth-order valence-electron chi connectivity index (χ4n) is 4.86. The topological polar surface area (TPSA) is 64.6 Å². The van der Waals surface area contributed by atoms with Gasteiger partial charge in [0.25, 0.3) is 5.91 Å². The number of aromatic nitrogens is 2. The predicted octanol–water partition coefficient (Wildman–Crippen LogP) is 2.69. The lowest BCUT2D eigenvalue weighted by molar-refractivity contribution is -0.148. The van der Waals surface area contributed by atoms with Crippen LogP contribution in [0.25, 0.3) is 0 Å². The highest BCUT2D eigenvalue weighted by atomic mass is 16.5. The van der Waals surface area contributed by atoms with Crippen LogP contribution in [0.2, 0.25) is 0 Å². The van der Waals surface area contributed by atoms with E-state index in [1.54, 1.807) is 12.3 Å². The minimum Gasteiger partial charge on any atom is -0.380 e. The monoisotopic (exact) mass is 359 g/mol. The number of carbonyl (C=O) groups is 1. The first kappa shape index (κ1) is 17.9. The molecular weight excluding hydrogens is 330 g/mol. The van der Waals surface area contributed by atoms with E-state index >= 15 is 0 Å². The molecular formula is C20H29N3O3. The van der Waals surface area contributed by atoms with Crippen LogP contribution in [-0.4, -0.2) is 59.8 Å². The second kappa shape index (κ2) is 8.01. The zero-order chi connectivity index (χ0) is 17.8. The number of carbonyl (C=O) groups excluding carboxylic acids is 1. The third-order valence-electron chi connectivity index (χ3n) is 6.29. The van der Waals surface area contributed by atoms with E-state index in [0.717, 1.165) is 44.9 Å². The van der Waals surface area contributed by atoms with Crippen LogP contribution in [0, 0.1) is 11.3 Å². The standard InChI is InChI=1S/C20H29N3O3/c24-19(17-6-9-21-15-22-17)23-10-7-18-20(13-23,8-3-11-26-18)14-25-12-16-4-1-2-5-16/h6,9,15-16,18H,1-5,7-8,10-14H2/t18-,20+/m1/s1. The van der Waals surface area contributed by atoms with E-state index < -0.39 is 0 Å². The first-order valence-electron chi connectivity index (χ1n) is 10.0. The van der Waals surface area contributed by atoms with Gasteiger partial charge in [0.2, 0.25) is 0 Å². The van der Waals surface area contributed by atoms with Gasteiger partial charge in [-0.3, -0.25) is 4.79 Å². The highest BCUT2D eigenvalue weighted by Gasteiger charge is 2.47. The van der Waals surface area contributed by atoms with Gasteiger partial charge < -0.3 is 14.4 Å². The van der Waals surface area contributed by atoms with Crippen LogP contribution in [0.1, 0.15) is 55.4 Å². The van der Waals surface area contributed by atoms with Gasteiger partial charge in [0.15, 0.2) is 0 Å². The molecule has 1 aliphatic carbocycles. The Morgan fingerprint density at radius 3 is 3.00 bits per heavy atom. The predicted molar refractivity (Wildman–Crippen MR) is 96.7 cm³/mol. The molecule has 6 heteroatoms. The summed E-state index contributed by atoms with van der Waals surface area (Å²) in [5.74, 6) is 0.711. The normalized spacial score (nSPS) is 29.5. The van der Waals surface area contributed by atoms with Crippen molar-refractivity contribution >= 4 is 5.91 Å². The summed E-state index contributed by atoms with van der Waals surface area (Å²) < 4.78 is 12.3. The van der Waals surface area contributed by atoms with E-state index in [0.29, 0.717) is 18.8 Å². The molecule has 0 bridgehead atoms. The fourth-order valence-corrected chi connectivity index (χ4v) is 4.86. The van der Waals surface area contributed by atoms with E-state index in [-0.39, 0.29) is 17.4 Å². The largest absolute Gasteiger partial charge is 0.380 e. The Morgan fingerprint density at radius 1 is 1.31 bits per heavy atom. The zero-order valence-corrected chi connectivity index (χ0v) is 15.4. The summed E-state index contributed by atoms with van der Waals surface area (Å²) in [7, 11) is 0. The maximum absolute atomic E-state index is 12.9. The number of piperidine rings is 1. The van der Waals surface area contributed by atoms with Crippen molar-refractivity contribution < 1.29 is 14.3 Å². The number of fused-ring (bicyclic) bond motifs is 1. The lowest BCUT2D eigenvalue weighted by Gasteiger charge is -2.50. The molecule has 4 rings (SSSR count). The first-order valence-corrected chi connectivity index (χ1v) is 10.0. The maximum Gasteiger partial charge on any atom is 0.272 e. The van der Waals surface area contributed by atoms with Crippen LogP contribution in [0.15, 0.2) is 18.6 Å². The lowest BCUT2D eigenvalue weighted by atomic mass is 9.73.